The number of carbonyl (C=O) groups is 2. The van der Waals surface area contributed by atoms with Gasteiger partial charge < -0.3 is 19.7 Å². The smallest absolute Gasteiger partial charge is 0.308 e. The number of ether oxygens (including phenoxy) is 2. The van der Waals surface area contributed by atoms with Crippen LogP contribution in [0, 0.1) is 11.8 Å². The van der Waals surface area contributed by atoms with Gasteiger partial charge >= 0.3 is 11.9 Å². The molecule has 0 saturated heterocycles. The van der Waals surface area contributed by atoms with Gasteiger partial charge in [0.2, 0.25) is 0 Å². The van der Waals surface area contributed by atoms with Gasteiger partial charge in [-0.1, -0.05) is 88.4 Å². The molecule has 0 heterocycles. The van der Waals surface area contributed by atoms with Crippen LogP contribution >= 0.6 is 0 Å². The number of hydrogen-bond donors (Lipinski definition) is 2. The molecular weight excluding hydrogens is 468 g/mol. The molecule has 0 fully saturated rings. The van der Waals surface area contributed by atoms with Crippen LogP contribution in [0.5, 0.6) is 0 Å². The lowest BCUT2D eigenvalue weighted by Gasteiger charge is -2.19. The minimum absolute atomic E-state index is 0.0588. The average molecular weight is 515 g/mol. The third-order valence-corrected chi connectivity index (χ3v) is 6.49. The van der Waals surface area contributed by atoms with E-state index in [2.05, 4.69) is 38.1 Å². The van der Waals surface area contributed by atoms with Crippen LogP contribution in [-0.4, -0.2) is 48.6 Å². The molecule has 0 aliphatic heterocycles. The van der Waals surface area contributed by atoms with Crippen LogP contribution in [0.3, 0.4) is 0 Å². The van der Waals surface area contributed by atoms with E-state index >= 15 is 0 Å². The predicted molar refractivity (Wildman–Crippen MR) is 147 cm³/mol. The third kappa shape index (κ3) is 12.9. The molecule has 0 spiro atoms. The second-order valence-corrected chi connectivity index (χ2v) is 9.44. The fourth-order valence-corrected chi connectivity index (χ4v) is 4.24. The summed E-state index contributed by atoms with van der Waals surface area (Å²) in [6, 6.07) is 20.5. The van der Waals surface area contributed by atoms with Gasteiger partial charge in [0.05, 0.1) is 25.0 Å². The number of aliphatic hydroxyl groups excluding tert-OH is 2. The Balaban J connectivity index is 0.000000371. The zero-order valence-corrected chi connectivity index (χ0v) is 23.0. The number of hydrogen-bond acceptors (Lipinski definition) is 6. The first-order valence-corrected chi connectivity index (χ1v) is 13.5. The molecule has 6 heteroatoms. The van der Waals surface area contributed by atoms with E-state index in [1.807, 2.05) is 50.2 Å². The molecule has 6 nitrogen and oxygen atoms in total. The highest BCUT2D eigenvalue weighted by Crippen LogP contribution is 2.28. The highest BCUT2D eigenvalue weighted by molar-refractivity contribution is 5.72. The molecule has 0 radical (unpaired) electrons. The van der Waals surface area contributed by atoms with Gasteiger partial charge in [0.1, 0.15) is 6.61 Å². The van der Waals surface area contributed by atoms with E-state index in [9.17, 15) is 9.59 Å². The largest absolute Gasteiger partial charge is 0.465 e. The van der Waals surface area contributed by atoms with E-state index in [1.165, 1.54) is 11.1 Å². The van der Waals surface area contributed by atoms with Crippen molar-refractivity contribution < 1.29 is 29.3 Å². The van der Waals surface area contributed by atoms with Gasteiger partial charge in [0.25, 0.3) is 0 Å². The van der Waals surface area contributed by atoms with Gasteiger partial charge in [-0.15, -0.1) is 0 Å². The van der Waals surface area contributed by atoms with Crippen LogP contribution in [0.4, 0.5) is 0 Å². The fraction of sp³-hybridized carbons (Fsp3) is 0.548. The monoisotopic (exact) mass is 514 g/mol. The molecule has 0 saturated carbocycles. The summed E-state index contributed by atoms with van der Waals surface area (Å²) in [5.41, 5.74) is 2.54. The lowest BCUT2D eigenvalue weighted by atomic mass is 9.88. The molecular formula is C31H46O6. The average Bonchev–Trinajstić information content (AvgIpc) is 2.94. The maximum atomic E-state index is 11.8. The van der Waals surface area contributed by atoms with Crippen LogP contribution in [0.15, 0.2) is 60.7 Å². The van der Waals surface area contributed by atoms with E-state index in [0.717, 1.165) is 25.7 Å². The number of benzene rings is 2. The Kier molecular flexibility index (Phi) is 17.0. The Morgan fingerprint density at radius 1 is 0.676 bits per heavy atom. The summed E-state index contributed by atoms with van der Waals surface area (Å²) < 4.78 is 10.1. The topological polar surface area (TPSA) is 93.1 Å². The van der Waals surface area contributed by atoms with Crippen LogP contribution in [-0.2, 0) is 19.1 Å². The number of esters is 2. The molecule has 37 heavy (non-hydrogen) atoms. The van der Waals surface area contributed by atoms with Crippen molar-refractivity contribution in [1.29, 1.82) is 0 Å². The lowest BCUT2D eigenvalue weighted by Crippen LogP contribution is -2.19. The SMILES string of the molecule is CCC(CC(C)C(=O)OCCCO)c1ccccc1.CCC(CC(C)C(=O)OCCO)c1ccccc1. The Morgan fingerprint density at radius 3 is 1.43 bits per heavy atom. The molecule has 2 aromatic carbocycles. The molecule has 2 N–H and O–H groups in total. The Bertz CT molecular complexity index is 855. The van der Waals surface area contributed by atoms with Gasteiger partial charge in [-0.05, 0) is 48.6 Å². The summed E-state index contributed by atoms with van der Waals surface area (Å²) in [4.78, 5) is 23.4. The normalized spacial score (nSPS) is 13.9. The predicted octanol–water partition coefficient (Wildman–Crippen LogP) is 5.87. The van der Waals surface area contributed by atoms with Crippen LogP contribution < -0.4 is 0 Å². The summed E-state index contributed by atoms with van der Waals surface area (Å²) >= 11 is 0. The standard InChI is InChI=1S/C16H24O3.C15H22O3/c1-3-14(15-8-5-4-6-9-15)12-13(2)16(18)19-11-7-10-17;1-3-13(14-7-5-4-6-8-14)11-12(2)15(17)18-10-9-16/h4-6,8-9,13-14,17H,3,7,10-12H2,1-2H3;4-8,12-13,16H,3,9-11H2,1-2H3. The van der Waals surface area contributed by atoms with Gasteiger partial charge in [0.15, 0.2) is 0 Å². The van der Waals surface area contributed by atoms with Gasteiger partial charge in [0, 0.05) is 13.0 Å². The maximum Gasteiger partial charge on any atom is 0.308 e. The van der Waals surface area contributed by atoms with Crippen LogP contribution in [0.1, 0.15) is 82.8 Å². The number of rotatable bonds is 15. The Morgan fingerprint density at radius 2 is 1.08 bits per heavy atom. The van der Waals surface area contributed by atoms with Crippen molar-refractivity contribution in [3.63, 3.8) is 0 Å². The van der Waals surface area contributed by atoms with Crippen molar-refractivity contribution >= 4 is 11.9 Å². The number of aliphatic hydroxyl groups is 2. The Labute approximate surface area is 223 Å². The second-order valence-electron chi connectivity index (χ2n) is 9.44. The molecule has 0 aliphatic rings. The van der Waals surface area contributed by atoms with E-state index in [-0.39, 0.29) is 43.6 Å². The summed E-state index contributed by atoms with van der Waals surface area (Å²) in [5.74, 6) is 0.135. The van der Waals surface area contributed by atoms with Crippen LogP contribution in [0.2, 0.25) is 0 Å². The molecule has 0 aliphatic carbocycles. The Hall–Kier alpha value is -2.70. The molecule has 0 aromatic heterocycles. The zero-order chi connectivity index (χ0) is 27.5. The molecule has 2 rings (SSSR count). The van der Waals surface area contributed by atoms with Crippen molar-refractivity contribution in [1.82, 2.24) is 0 Å². The first-order valence-electron chi connectivity index (χ1n) is 13.5. The van der Waals surface area contributed by atoms with Crippen molar-refractivity contribution in [2.75, 3.05) is 26.4 Å². The van der Waals surface area contributed by atoms with E-state index < -0.39 is 0 Å². The lowest BCUT2D eigenvalue weighted by molar-refractivity contribution is -0.149. The summed E-state index contributed by atoms with van der Waals surface area (Å²) in [6.07, 6.45) is 4.11. The second kappa shape index (κ2) is 19.4. The maximum absolute atomic E-state index is 11.8. The molecule has 0 bridgehead atoms. The molecule has 206 valence electrons. The van der Waals surface area contributed by atoms with Crippen molar-refractivity contribution in [2.45, 2.75) is 71.6 Å². The molecule has 4 unspecified atom stereocenters. The summed E-state index contributed by atoms with van der Waals surface area (Å²) in [5, 5.41) is 17.3. The molecule has 4 atom stereocenters. The van der Waals surface area contributed by atoms with Gasteiger partial charge in [-0.25, -0.2) is 0 Å². The van der Waals surface area contributed by atoms with Gasteiger partial charge in [-0.2, -0.15) is 0 Å². The van der Waals surface area contributed by atoms with Gasteiger partial charge in [-0.3, -0.25) is 9.59 Å². The highest BCUT2D eigenvalue weighted by Gasteiger charge is 2.21. The zero-order valence-electron chi connectivity index (χ0n) is 23.0. The molecule has 0 amide bonds. The van der Waals surface area contributed by atoms with Crippen LogP contribution in [0.25, 0.3) is 0 Å². The minimum Gasteiger partial charge on any atom is -0.465 e. The highest BCUT2D eigenvalue weighted by atomic mass is 16.5. The summed E-state index contributed by atoms with van der Waals surface area (Å²) in [7, 11) is 0. The van der Waals surface area contributed by atoms with E-state index in [1.54, 1.807) is 0 Å². The van der Waals surface area contributed by atoms with E-state index in [0.29, 0.717) is 24.9 Å². The minimum atomic E-state index is -0.224. The first-order chi connectivity index (χ1) is 17.9. The first kappa shape index (κ1) is 32.3. The fourth-order valence-electron chi connectivity index (χ4n) is 4.24. The van der Waals surface area contributed by atoms with Crippen molar-refractivity contribution in [3.8, 4) is 0 Å². The number of carbonyl (C=O) groups excluding carboxylic acids is 2. The summed E-state index contributed by atoms with van der Waals surface area (Å²) in [6.45, 7) is 8.40. The van der Waals surface area contributed by atoms with E-state index in [4.69, 9.17) is 19.7 Å². The third-order valence-electron chi connectivity index (χ3n) is 6.49. The quantitative estimate of drug-likeness (QED) is 0.228. The van der Waals surface area contributed by atoms with Crippen molar-refractivity contribution in [3.05, 3.63) is 71.8 Å². The van der Waals surface area contributed by atoms with Crippen molar-refractivity contribution in [2.24, 2.45) is 11.8 Å². The molecule has 2 aromatic rings.